The lowest BCUT2D eigenvalue weighted by molar-refractivity contribution is 0.0410. The monoisotopic (exact) mass is 636 g/mol. The first-order valence-corrected chi connectivity index (χ1v) is 15.3. The summed E-state index contributed by atoms with van der Waals surface area (Å²) in [7, 11) is -2.53. The Hall–Kier alpha value is -3.61. The molecule has 43 heavy (non-hydrogen) atoms. The van der Waals surface area contributed by atoms with E-state index < -0.39 is 55.9 Å². The third-order valence-corrected chi connectivity index (χ3v) is 10.8. The number of ether oxygens (including phenoxy) is 1. The zero-order chi connectivity index (χ0) is 30.9. The molecule has 2 saturated carbocycles. The van der Waals surface area contributed by atoms with Gasteiger partial charge in [-0.15, -0.1) is 0 Å². The van der Waals surface area contributed by atoms with Gasteiger partial charge >= 0.3 is 0 Å². The summed E-state index contributed by atoms with van der Waals surface area (Å²) in [6.07, 6.45) is 2.71. The molecule has 0 radical (unpaired) electrons. The first-order chi connectivity index (χ1) is 20.4. The van der Waals surface area contributed by atoms with E-state index in [2.05, 4.69) is 10.5 Å². The maximum absolute atomic E-state index is 13.9. The normalized spacial score (nSPS) is 23.3. The molecule has 0 aromatic heterocycles. The molecule has 0 heterocycles. The molecule has 228 valence electrons. The Morgan fingerprint density at radius 3 is 2.40 bits per heavy atom. The highest BCUT2D eigenvalue weighted by Crippen LogP contribution is 2.51. The van der Waals surface area contributed by atoms with Gasteiger partial charge in [-0.2, -0.15) is 0 Å². The number of benzene rings is 3. The van der Waals surface area contributed by atoms with Gasteiger partial charge in [0.05, 0.1) is 28.5 Å². The number of oxime groups is 1. The zero-order valence-electron chi connectivity index (χ0n) is 22.9. The van der Waals surface area contributed by atoms with Gasteiger partial charge < -0.3 is 20.0 Å². The number of methoxy groups -OCH3 is 1. The second kappa shape index (κ2) is 12.2. The van der Waals surface area contributed by atoms with E-state index in [1.165, 1.54) is 18.3 Å². The number of anilines is 1. The standard InChI is InChI=1S/C30H28ClF3N2O6S/c1-41-25-5-3-2-4-20(25)15-42-35-16-30(38)13-18-6-7-19(14-30)28(18)43(39,40)26-10-17(8-9-22(26)31)29(37)36-21-11-23(32)27(34)24(33)12-21/h2-5,8-12,16,18-19,28,38H,6-7,13-15H2,1H3,(H,36,37)/b35-16+/t18?,19?,28-,30-. The zero-order valence-corrected chi connectivity index (χ0v) is 24.5. The molecule has 0 saturated heterocycles. The van der Waals surface area contributed by atoms with Crippen LogP contribution in [0.3, 0.4) is 0 Å². The molecule has 13 heteroatoms. The van der Waals surface area contributed by atoms with Crippen LogP contribution in [0.25, 0.3) is 0 Å². The number of carbonyl (C=O) groups is 1. The minimum Gasteiger partial charge on any atom is -0.496 e. The van der Waals surface area contributed by atoms with Crippen LogP contribution in [-0.2, 0) is 21.3 Å². The Labute approximate surface area is 251 Å². The summed E-state index contributed by atoms with van der Waals surface area (Å²) in [5.41, 5.74) is -1.08. The van der Waals surface area contributed by atoms with E-state index in [4.69, 9.17) is 21.2 Å². The smallest absolute Gasteiger partial charge is 0.255 e. The molecule has 0 aliphatic heterocycles. The number of hydrogen-bond donors (Lipinski definition) is 2. The number of rotatable bonds is 9. The van der Waals surface area contributed by atoms with Gasteiger partial charge in [0.2, 0.25) is 0 Å². The predicted octanol–water partition coefficient (Wildman–Crippen LogP) is 5.91. The number of para-hydroxylation sites is 1. The van der Waals surface area contributed by atoms with Crippen molar-refractivity contribution in [1.29, 1.82) is 0 Å². The maximum atomic E-state index is 13.9. The second-order valence-corrected chi connectivity index (χ2v) is 13.3. The highest BCUT2D eigenvalue weighted by atomic mass is 35.5. The predicted molar refractivity (Wildman–Crippen MR) is 153 cm³/mol. The van der Waals surface area contributed by atoms with Gasteiger partial charge in [-0.05, 0) is 61.8 Å². The number of nitrogens with zero attached hydrogens (tertiary/aromatic N) is 1. The molecule has 2 fully saturated rings. The molecule has 8 nitrogen and oxygen atoms in total. The Kier molecular flexibility index (Phi) is 8.73. The Bertz CT molecular complexity index is 1650. The quantitative estimate of drug-likeness (QED) is 0.171. The molecule has 2 unspecified atom stereocenters. The summed E-state index contributed by atoms with van der Waals surface area (Å²) in [5.74, 6) is -5.71. The first-order valence-electron chi connectivity index (χ1n) is 13.4. The SMILES string of the molecule is COc1ccccc1CO/N=C/[C@]1(O)CC2CCC(C1)[C@H]2S(=O)(=O)c1cc(C(=O)Nc2cc(F)c(F)c(F)c2)ccc1Cl. The number of aliphatic hydroxyl groups is 1. The molecule has 3 aromatic rings. The molecule has 2 aliphatic carbocycles. The minimum absolute atomic E-state index is 0.0954. The van der Waals surface area contributed by atoms with Crippen LogP contribution in [0.4, 0.5) is 18.9 Å². The molecule has 0 spiro atoms. The average Bonchev–Trinajstić information content (AvgIpc) is 3.27. The van der Waals surface area contributed by atoms with Crippen molar-refractivity contribution < 1.29 is 41.1 Å². The lowest BCUT2D eigenvalue weighted by atomic mass is 9.78. The number of fused-ring (bicyclic) bond motifs is 2. The third kappa shape index (κ3) is 6.36. The van der Waals surface area contributed by atoms with E-state index in [-0.39, 0.29) is 40.6 Å². The molecular formula is C30H28ClF3N2O6S. The fourth-order valence-electron chi connectivity index (χ4n) is 6.09. The largest absolute Gasteiger partial charge is 0.496 e. The fraction of sp³-hybridized carbons (Fsp3) is 0.333. The van der Waals surface area contributed by atoms with Gasteiger partial charge in [0.25, 0.3) is 5.91 Å². The Balaban J connectivity index is 1.30. The highest BCUT2D eigenvalue weighted by Gasteiger charge is 2.54. The number of carbonyl (C=O) groups excluding carboxylic acids is 1. The maximum Gasteiger partial charge on any atom is 0.255 e. The van der Waals surface area contributed by atoms with Crippen molar-refractivity contribution in [2.24, 2.45) is 17.0 Å². The second-order valence-electron chi connectivity index (χ2n) is 10.8. The summed E-state index contributed by atoms with van der Waals surface area (Å²) in [6, 6.07) is 12.1. The number of halogens is 4. The van der Waals surface area contributed by atoms with Crippen LogP contribution in [0, 0.1) is 29.3 Å². The molecular weight excluding hydrogens is 609 g/mol. The molecule has 2 atom stereocenters. The van der Waals surface area contributed by atoms with Crippen molar-refractivity contribution in [3.63, 3.8) is 0 Å². The summed E-state index contributed by atoms with van der Waals surface area (Å²) in [5, 5.41) is 16.5. The van der Waals surface area contributed by atoms with Gasteiger partial charge in [0, 0.05) is 28.9 Å². The number of nitrogens with one attached hydrogen (secondary N) is 1. The summed E-state index contributed by atoms with van der Waals surface area (Å²) in [6.45, 7) is 0.119. The van der Waals surface area contributed by atoms with Gasteiger partial charge in [0.15, 0.2) is 27.3 Å². The molecule has 2 bridgehead atoms. The van der Waals surface area contributed by atoms with Crippen LogP contribution >= 0.6 is 11.6 Å². The van der Waals surface area contributed by atoms with E-state index in [9.17, 15) is 31.5 Å². The van der Waals surface area contributed by atoms with Crippen molar-refractivity contribution in [1.82, 2.24) is 0 Å². The van der Waals surface area contributed by atoms with Gasteiger partial charge in [-0.1, -0.05) is 35.0 Å². The number of amides is 1. The first kappa shape index (κ1) is 30.8. The van der Waals surface area contributed by atoms with E-state index in [0.29, 0.717) is 30.7 Å². The Morgan fingerprint density at radius 1 is 1.09 bits per heavy atom. The van der Waals surface area contributed by atoms with Crippen LogP contribution in [0.1, 0.15) is 41.6 Å². The van der Waals surface area contributed by atoms with Crippen molar-refractivity contribution in [2.45, 2.75) is 48.0 Å². The van der Waals surface area contributed by atoms with Gasteiger partial charge in [-0.25, -0.2) is 21.6 Å². The highest BCUT2D eigenvalue weighted by molar-refractivity contribution is 7.92. The van der Waals surface area contributed by atoms with Gasteiger partial charge in [-0.3, -0.25) is 4.79 Å². The lowest BCUT2D eigenvalue weighted by Gasteiger charge is -2.38. The van der Waals surface area contributed by atoms with Crippen LogP contribution < -0.4 is 10.1 Å². The van der Waals surface area contributed by atoms with Crippen LogP contribution in [0.15, 0.2) is 64.6 Å². The van der Waals surface area contributed by atoms with Crippen molar-refractivity contribution in [2.75, 3.05) is 12.4 Å². The molecule has 2 N–H and O–H groups in total. The van der Waals surface area contributed by atoms with Crippen LogP contribution in [0.5, 0.6) is 5.75 Å². The van der Waals surface area contributed by atoms with Crippen LogP contribution in [-0.4, -0.2) is 43.6 Å². The molecule has 5 rings (SSSR count). The Morgan fingerprint density at radius 2 is 1.74 bits per heavy atom. The fourth-order valence-corrected chi connectivity index (χ4v) is 8.93. The minimum atomic E-state index is -4.08. The van der Waals surface area contributed by atoms with E-state index >= 15 is 0 Å². The van der Waals surface area contributed by atoms with E-state index in [1.54, 1.807) is 13.2 Å². The van der Waals surface area contributed by atoms with Crippen molar-refractivity contribution >= 4 is 39.2 Å². The summed E-state index contributed by atoms with van der Waals surface area (Å²) in [4.78, 5) is 17.9. The van der Waals surface area contributed by atoms with E-state index in [1.807, 2.05) is 18.2 Å². The molecule has 1 amide bonds. The number of sulfone groups is 1. The van der Waals surface area contributed by atoms with Crippen LogP contribution in [0.2, 0.25) is 5.02 Å². The van der Waals surface area contributed by atoms with Crippen molar-refractivity contribution in [3.05, 3.63) is 88.2 Å². The third-order valence-electron chi connectivity index (χ3n) is 7.95. The van der Waals surface area contributed by atoms with E-state index in [0.717, 1.165) is 11.6 Å². The topological polar surface area (TPSA) is 114 Å². The van der Waals surface area contributed by atoms with Crippen molar-refractivity contribution in [3.8, 4) is 5.75 Å². The van der Waals surface area contributed by atoms with Gasteiger partial charge in [0.1, 0.15) is 18.0 Å². The number of hydrogen-bond acceptors (Lipinski definition) is 7. The average molecular weight is 637 g/mol. The summed E-state index contributed by atoms with van der Waals surface area (Å²) < 4.78 is 73.6. The molecule has 3 aromatic carbocycles. The molecule has 2 aliphatic rings. The summed E-state index contributed by atoms with van der Waals surface area (Å²) >= 11 is 6.30. The lowest BCUT2D eigenvalue weighted by Crippen LogP contribution is -2.47.